The third-order valence-corrected chi connectivity index (χ3v) is 8.23. The average Bonchev–Trinajstić information content (AvgIpc) is 2.99. The van der Waals surface area contributed by atoms with E-state index in [9.17, 15) is 31.5 Å². The number of hydrogen-bond acceptors (Lipinski definition) is 5. The third kappa shape index (κ3) is 8.25. The first-order valence-electron chi connectivity index (χ1n) is 13.9. The Balaban J connectivity index is 1.61. The van der Waals surface area contributed by atoms with Crippen molar-refractivity contribution < 1.29 is 31.5 Å². The maximum absolute atomic E-state index is 14.1. The van der Waals surface area contributed by atoms with E-state index in [1.54, 1.807) is 54.6 Å². The van der Waals surface area contributed by atoms with Gasteiger partial charge in [0.15, 0.2) is 0 Å². The number of rotatable bonds is 12. The molecule has 0 heterocycles. The fourth-order valence-corrected chi connectivity index (χ4v) is 6.01. The molecule has 0 unspecified atom stereocenters. The van der Waals surface area contributed by atoms with Gasteiger partial charge in [-0.05, 0) is 47.9 Å². The molecule has 1 amide bonds. The number of alkyl halides is 3. The Labute approximate surface area is 255 Å². The Morgan fingerprint density at radius 3 is 2.09 bits per heavy atom. The van der Waals surface area contributed by atoms with Crippen molar-refractivity contribution in [2.24, 2.45) is 0 Å². The van der Waals surface area contributed by atoms with Crippen LogP contribution in [0, 0.1) is 0 Å². The zero-order chi connectivity index (χ0) is 31.9. The lowest BCUT2D eigenvalue weighted by atomic mass is 9.98. The fourth-order valence-electron chi connectivity index (χ4n) is 4.99. The largest absolute Gasteiger partial charge is 0.416 e. The lowest BCUT2D eigenvalue weighted by Gasteiger charge is -2.34. The van der Waals surface area contributed by atoms with E-state index < -0.39 is 39.8 Å². The summed E-state index contributed by atoms with van der Waals surface area (Å²) in [7, 11) is -2.32. The lowest BCUT2D eigenvalue weighted by Crippen LogP contribution is -2.49. The second kappa shape index (κ2) is 14.1. The first-order valence-corrected chi connectivity index (χ1v) is 15.7. The SMILES string of the molecule is CN(C(=O)c1ccccc1N(c1ccccc1)S(C)(=O)=O)[C@@H](Cc1ccccc1)[C@H](O)CNCc1cccc(C(F)(F)F)c1. The van der Waals surface area contributed by atoms with Gasteiger partial charge < -0.3 is 15.3 Å². The zero-order valence-corrected chi connectivity index (χ0v) is 25.1. The average molecular weight is 626 g/mol. The summed E-state index contributed by atoms with van der Waals surface area (Å²) >= 11 is 0. The summed E-state index contributed by atoms with van der Waals surface area (Å²) < 4.78 is 66.5. The van der Waals surface area contributed by atoms with Gasteiger partial charge in [-0.15, -0.1) is 0 Å². The molecular formula is C33H34F3N3O4S. The number of halogens is 3. The van der Waals surface area contributed by atoms with Crippen LogP contribution < -0.4 is 9.62 Å². The molecule has 44 heavy (non-hydrogen) atoms. The molecule has 0 aliphatic rings. The monoisotopic (exact) mass is 625 g/mol. The molecule has 0 spiro atoms. The van der Waals surface area contributed by atoms with E-state index in [1.165, 1.54) is 24.1 Å². The van der Waals surface area contributed by atoms with Crippen LogP contribution in [0.5, 0.6) is 0 Å². The van der Waals surface area contributed by atoms with Crippen molar-refractivity contribution in [2.75, 3.05) is 24.2 Å². The predicted molar refractivity (Wildman–Crippen MR) is 165 cm³/mol. The molecule has 2 N–H and O–H groups in total. The van der Waals surface area contributed by atoms with Crippen LogP contribution in [0.1, 0.15) is 27.0 Å². The van der Waals surface area contributed by atoms with Gasteiger partial charge in [-0.3, -0.25) is 4.79 Å². The first-order chi connectivity index (χ1) is 20.9. The van der Waals surface area contributed by atoms with Gasteiger partial charge in [-0.1, -0.05) is 78.9 Å². The standard InChI is InChI=1S/C33H34F3N3O4S/c1-38(32(41)28-18-9-10-19-29(28)39(44(2,42)43)27-16-7-4-8-17-27)30(21-24-12-5-3-6-13-24)31(40)23-37-22-25-14-11-15-26(20-25)33(34,35)36/h3-20,30-31,37,40H,21-23H2,1-2H3/t30-,31+/m0/s1. The number of nitrogens with zero attached hydrogens (tertiary/aromatic N) is 2. The number of carbonyl (C=O) groups excluding carboxylic acids is 1. The normalized spacial score (nSPS) is 13.2. The number of hydrogen-bond donors (Lipinski definition) is 2. The minimum atomic E-state index is -4.47. The summed E-state index contributed by atoms with van der Waals surface area (Å²) in [5.41, 5.74) is 1.12. The van der Waals surface area contributed by atoms with E-state index in [4.69, 9.17) is 0 Å². The topological polar surface area (TPSA) is 90.0 Å². The van der Waals surface area contributed by atoms with Crippen molar-refractivity contribution in [3.8, 4) is 0 Å². The number of nitrogens with one attached hydrogen (secondary N) is 1. The Kier molecular flexibility index (Phi) is 10.5. The fraction of sp³-hybridized carbons (Fsp3) is 0.242. The van der Waals surface area contributed by atoms with Crippen LogP contribution in [0.2, 0.25) is 0 Å². The van der Waals surface area contributed by atoms with Crippen molar-refractivity contribution >= 4 is 27.3 Å². The molecule has 0 radical (unpaired) electrons. The molecule has 11 heteroatoms. The highest BCUT2D eigenvalue weighted by Crippen LogP contribution is 2.33. The van der Waals surface area contributed by atoms with Crippen LogP contribution in [0.3, 0.4) is 0 Å². The predicted octanol–water partition coefficient (Wildman–Crippen LogP) is 5.64. The van der Waals surface area contributed by atoms with E-state index in [0.717, 1.165) is 28.3 Å². The summed E-state index contributed by atoms with van der Waals surface area (Å²) in [4.78, 5) is 15.4. The maximum Gasteiger partial charge on any atom is 0.416 e. The molecule has 4 aromatic rings. The van der Waals surface area contributed by atoms with Gasteiger partial charge in [0.05, 0.1) is 40.9 Å². The maximum atomic E-state index is 14.1. The van der Waals surface area contributed by atoms with Crippen molar-refractivity contribution in [1.29, 1.82) is 0 Å². The number of aliphatic hydroxyl groups is 1. The first kappa shape index (κ1) is 32.7. The van der Waals surface area contributed by atoms with E-state index in [0.29, 0.717) is 11.3 Å². The van der Waals surface area contributed by atoms with Crippen molar-refractivity contribution in [3.63, 3.8) is 0 Å². The van der Waals surface area contributed by atoms with Crippen LogP contribution in [-0.2, 0) is 29.2 Å². The second-order valence-electron chi connectivity index (χ2n) is 10.4. The number of amides is 1. The molecule has 0 saturated carbocycles. The molecule has 0 fully saturated rings. The Morgan fingerprint density at radius 2 is 1.45 bits per heavy atom. The van der Waals surface area contributed by atoms with Crippen molar-refractivity contribution in [1.82, 2.24) is 10.2 Å². The smallest absolute Gasteiger partial charge is 0.390 e. The molecule has 0 aliphatic heterocycles. The Hall–Kier alpha value is -4.19. The van der Waals surface area contributed by atoms with Gasteiger partial charge in [-0.25, -0.2) is 12.7 Å². The second-order valence-corrected chi connectivity index (χ2v) is 12.3. The van der Waals surface area contributed by atoms with E-state index >= 15 is 0 Å². The van der Waals surface area contributed by atoms with Gasteiger partial charge in [0.2, 0.25) is 10.0 Å². The van der Waals surface area contributed by atoms with Crippen LogP contribution in [0.25, 0.3) is 0 Å². The number of carbonyl (C=O) groups is 1. The summed E-state index contributed by atoms with van der Waals surface area (Å²) in [6.07, 6.45) is -4.26. The molecule has 232 valence electrons. The number of likely N-dealkylation sites (N-methyl/N-ethyl adjacent to an activating group) is 1. The lowest BCUT2D eigenvalue weighted by molar-refractivity contribution is -0.137. The van der Waals surface area contributed by atoms with Gasteiger partial charge in [-0.2, -0.15) is 13.2 Å². The number of para-hydroxylation sites is 2. The summed E-state index contributed by atoms with van der Waals surface area (Å²) in [5, 5.41) is 14.3. The highest BCUT2D eigenvalue weighted by atomic mass is 32.2. The Bertz CT molecular complexity index is 1650. The van der Waals surface area contributed by atoms with Crippen LogP contribution in [-0.4, -0.2) is 56.3 Å². The van der Waals surface area contributed by atoms with Crippen LogP contribution in [0.4, 0.5) is 24.5 Å². The molecule has 0 bridgehead atoms. The van der Waals surface area contributed by atoms with Gasteiger partial charge in [0.25, 0.3) is 5.91 Å². The highest BCUT2D eigenvalue weighted by molar-refractivity contribution is 7.92. The molecular weight excluding hydrogens is 591 g/mol. The number of sulfonamides is 1. The minimum absolute atomic E-state index is 0.0213. The summed E-state index contributed by atoms with van der Waals surface area (Å²) in [6, 6.07) is 28.2. The van der Waals surface area contributed by atoms with Crippen molar-refractivity contribution in [2.45, 2.75) is 31.3 Å². The quantitative estimate of drug-likeness (QED) is 0.213. The molecule has 4 aromatic carbocycles. The summed E-state index contributed by atoms with van der Waals surface area (Å²) in [6.45, 7) is 0.0480. The summed E-state index contributed by atoms with van der Waals surface area (Å²) in [5.74, 6) is -0.511. The van der Waals surface area contributed by atoms with Gasteiger partial charge >= 0.3 is 6.18 Å². The van der Waals surface area contributed by atoms with Crippen LogP contribution >= 0.6 is 0 Å². The molecule has 0 aliphatic carbocycles. The molecule has 4 rings (SSSR count). The third-order valence-electron chi connectivity index (χ3n) is 7.16. The van der Waals surface area contributed by atoms with E-state index in [-0.39, 0.29) is 30.8 Å². The van der Waals surface area contributed by atoms with Gasteiger partial charge in [0.1, 0.15) is 0 Å². The van der Waals surface area contributed by atoms with Crippen LogP contribution in [0.15, 0.2) is 109 Å². The number of benzene rings is 4. The molecule has 0 saturated heterocycles. The molecule has 2 atom stereocenters. The molecule has 0 aromatic heterocycles. The van der Waals surface area contributed by atoms with Crippen molar-refractivity contribution in [3.05, 3.63) is 131 Å². The number of anilines is 2. The highest BCUT2D eigenvalue weighted by Gasteiger charge is 2.32. The Morgan fingerprint density at radius 1 is 0.864 bits per heavy atom. The minimum Gasteiger partial charge on any atom is -0.390 e. The van der Waals surface area contributed by atoms with E-state index in [2.05, 4.69) is 5.32 Å². The zero-order valence-electron chi connectivity index (χ0n) is 24.3. The van der Waals surface area contributed by atoms with E-state index in [1.807, 2.05) is 30.3 Å². The molecule has 7 nitrogen and oxygen atoms in total. The number of aliphatic hydroxyl groups excluding tert-OH is 1. The van der Waals surface area contributed by atoms with Gasteiger partial charge in [0, 0.05) is 20.1 Å².